The summed E-state index contributed by atoms with van der Waals surface area (Å²) in [6, 6.07) is 6.30. The minimum atomic E-state index is -5.71. The van der Waals surface area contributed by atoms with Crippen molar-refractivity contribution in [3.8, 4) is 5.75 Å². The molecule has 0 radical (unpaired) electrons. The van der Waals surface area contributed by atoms with Crippen LogP contribution in [-0.4, -0.2) is 30.8 Å². The predicted molar refractivity (Wildman–Crippen MR) is 102 cm³/mol. The Morgan fingerprint density at radius 2 is 1.50 bits per heavy atom. The molecule has 0 saturated heterocycles. The molecule has 1 atom stereocenters. The number of nitrogens with one attached hydrogen (secondary N) is 2. The first-order chi connectivity index (χ1) is 14.7. The van der Waals surface area contributed by atoms with Crippen LogP contribution in [0.25, 0.3) is 0 Å². The largest absolute Gasteiger partial charge is 0.525 e. The molecule has 0 aliphatic carbocycles. The van der Waals surface area contributed by atoms with Gasteiger partial charge in [-0.25, -0.2) is 13.9 Å². The summed E-state index contributed by atoms with van der Waals surface area (Å²) in [7, 11) is 0. The van der Waals surface area contributed by atoms with Crippen molar-refractivity contribution in [3.63, 3.8) is 0 Å². The molecule has 1 unspecified atom stereocenters. The molecule has 6 nitrogen and oxygen atoms in total. The SMILES string of the molecule is O=C(NC(=O)c1ccccc1Cl)Nc1cc(Cl)c(OC(F)(F)C(F)OC(F)(F)F)c(Cl)c1. The third-order valence-corrected chi connectivity index (χ3v) is 4.23. The van der Waals surface area contributed by atoms with Crippen molar-refractivity contribution >= 4 is 52.4 Å². The molecule has 0 spiro atoms. The van der Waals surface area contributed by atoms with E-state index in [1.54, 1.807) is 6.07 Å². The molecule has 0 fully saturated rings. The number of carbonyl (C=O) groups excluding carboxylic acids is 2. The highest BCUT2D eigenvalue weighted by atomic mass is 35.5. The van der Waals surface area contributed by atoms with Crippen LogP contribution in [0.3, 0.4) is 0 Å². The van der Waals surface area contributed by atoms with Crippen molar-refractivity contribution in [3.05, 3.63) is 57.0 Å². The van der Waals surface area contributed by atoms with Crippen molar-refractivity contribution in [2.24, 2.45) is 0 Å². The fourth-order valence-corrected chi connectivity index (χ4v) is 2.86. The Morgan fingerprint density at radius 3 is 2.03 bits per heavy atom. The maximum absolute atomic E-state index is 13.6. The normalized spacial score (nSPS) is 12.8. The number of benzene rings is 2. The molecule has 3 amide bonds. The lowest BCUT2D eigenvalue weighted by Gasteiger charge is -2.23. The zero-order chi connectivity index (χ0) is 24.3. The van der Waals surface area contributed by atoms with E-state index in [1.165, 1.54) is 18.2 Å². The van der Waals surface area contributed by atoms with E-state index in [4.69, 9.17) is 34.8 Å². The molecule has 0 saturated carbocycles. The highest BCUT2D eigenvalue weighted by Gasteiger charge is 2.51. The number of carbonyl (C=O) groups is 2. The topological polar surface area (TPSA) is 76.7 Å². The Kier molecular flexibility index (Phi) is 8.10. The van der Waals surface area contributed by atoms with Crippen molar-refractivity contribution in [1.29, 1.82) is 0 Å². The summed E-state index contributed by atoms with van der Waals surface area (Å²) >= 11 is 17.2. The van der Waals surface area contributed by atoms with Gasteiger partial charge in [-0.05, 0) is 24.3 Å². The highest BCUT2D eigenvalue weighted by Crippen LogP contribution is 2.41. The van der Waals surface area contributed by atoms with Gasteiger partial charge < -0.3 is 10.1 Å². The van der Waals surface area contributed by atoms with Crippen LogP contribution in [0, 0.1) is 0 Å². The average molecular weight is 526 g/mol. The number of rotatable bonds is 6. The molecule has 2 aromatic carbocycles. The molecule has 2 rings (SSSR count). The number of hydrogen-bond acceptors (Lipinski definition) is 4. The van der Waals surface area contributed by atoms with E-state index in [0.29, 0.717) is 0 Å². The Bertz CT molecular complexity index is 999. The number of hydrogen-bond donors (Lipinski definition) is 2. The average Bonchev–Trinajstić information content (AvgIpc) is 2.63. The lowest BCUT2D eigenvalue weighted by molar-refractivity contribution is -0.411. The Balaban J connectivity index is 2.11. The molecule has 0 aromatic heterocycles. The summed E-state index contributed by atoms with van der Waals surface area (Å²) < 4.78 is 82.6. The summed E-state index contributed by atoms with van der Waals surface area (Å²) in [6.45, 7) is 0. The Labute approximate surface area is 190 Å². The fourth-order valence-electron chi connectivity index (χ4n) is 2.08. The third-order valence-electron chi connectivity index (χ3n) is 3.34. The number of imide groups is 1. The first-order valence-corrected chi connectivity index (χ1v) is 9.14. The molecule has 32 heavy (non-hydrogen) atoms. The van der Waals surface area contributed by atoms with Gasteiger partial charge in [-0.15, -0.1) is 13.2 Å². The number of urea groups is 1. The van der Waals surface area contributed by atoms with Crippen LogP contribution < -0.4 is 15.4 Å². The number of amides is 3. The van der Waals surface area contributed by atoms with Gasteiger partial charge in [0.25, 0.3) is 5.91 Å². The zero-order valence-corrected chi connectivity index (χ0v) is 17.3. The van der Waals surface area contributed by atoms with Gasteiger partial charge in [-0.2, -0.15) is 8.78 Å². The van der Waals surface area contributed by atoms with Crippen LogP contribution >= 0.6 is 34.8 Å². The summed E-state index contributed by atoms with van der Waals surface area (Å²) in [5.41, 5.74) is -0.253. The van der Waals surface area contributed by atoms with Crippen LogP contribution in [0.1, 0.15) is 10.4 Å². The van der Waals surface area contributed by atoms with E-state index in [9.17, 15) is 35.9 Å². The second-order valence-corrected chi connectivity index (χ2v) is 6.92. The van der Waals surface area contributed by atoms with Crippen molar-refractivity contribution < 1.29 is 45.4 Å². The van der Waals surface area contributed by atoms with Gasteiger partial charge >= 0.3 is 24.9 Å². The minimum Gasteiger partial charge on any atom is -0.425 e. The number of ether oxygens (including phenoxy) is 2. The Morgan fingerprint density at radius 1 is 0.938 bits per heavy atom. The summed E-state index contributed by atoms with van der Waals surface area (Å²) in [4.78, 5) is 24.0. The first-order valence-electron chi connectivity index (χ1n) is 8.01. The maximum Gasteiger partial charge on any atom is 0.525 e. The second-order valence-electron chi connectivity index (χ2n) is 5.70. The Hall–Kier alpha value is -2.41. The van der Waals surface area contributed by atoms with Crippen LogP contribution in [0.5, 0.6) is 5.75 Å². The van der Waals surface area contributed by atoms with E-state index in [0.717, 1.165) is 12.1 Å². The number of halogens is 9. The van der Waals surface area contributed by atoms with Crippen LogP contribution in [-0.2, 0) is 4.74 Å². The lowest BCUT2D eigenvalue weighted by atomic mass is 10.2. The number of anilines is 1. The standard InChI is InChI=1S/C17H9Cl3F6N2O4/c18-9-4-2-1-3-8(9)13(29)28-15(30)27-7-5-10(19)12(11(20)6-7)31-16(22,23)14(21)32-17(24,25)26/h1-6,14H,(H2,27,28,29,30). The minimum absolute atomic E-state index is 0.0202. The lowest BCUT2D eigenvalue weighted by Crippen LogP contribution is -2.41. The molecule has 2 N–H and O–H groups in total. The van der Waals surface area contributed by atoms with Crippen molar-refractivity contribution in [2.75, 3.05) is 5.32 Å². The van der Waals surface area contributed by atoms with E-state index in [-0.39, 0.29) is 16.3 Å². The van der Waals surface area contributed by atoms with Crippen LogP contribution in [0.2, 0.25) is 15.1 Å². The number of alkyl halides is 6. The fraction of sp³-hybridized carbons (Fsp3) is 0.176. The molecule has 0 aliphatic heterocycles. The van der Waals surface area contributed by atoms with Gasteiger partial charge in [0.15, 0.2) is 5.75 Å². The molecule has 174 valence electrons. The van der Waals surface area contributed by atoms with Crippen LogP contribution in [0.15, 0.2) is 36.4 Å². The predicted octanol–water partition coefficient (Wildman–Crippen LogP) is 6.41. The summed E-state index contributed by atoms with van der Waals surface area (Å²) in [5, 5.41) is 2.64. The van der Waals surface area contributed by atoms with Gasteiger partial charge in [0.05, 0.1) is 20.6 Å². The quantitative estimate of drug-likeness (QED) is 0.427. The van der Waals surface area contributed by atoms with Gasteiger partial charge in [0, 0.05) is 5.69 Å². The van der Waals surface area contributed by atoms with Crippen molar-refractivity contribution in [2.45, 2.75) is 18.8 Å². The van der Waals surface area contributed by atoms with Crippen molar-refractivity contribution in [1.82, 2.24) is 5.32 Å². The van der Waals surface area contributed by atoms with Gasteiger partial charge in [-0.3, -0.25) is 10.1 Å². The molecule has 2 aromatic rings. The van der Waals surface area contributed by atoms with Gasteiger partial charge in [0.1, 0.15) is 0 Å². The first kappa shape index (κ1) is 25.8. The zero-order valence-electron chi connectivity index (χ0n) is 15.1. The molecule has 15 heteroatoms. The molecule has 0 heterocycles. The second kappa shape index (κ2) is 10.0. The maximum atomic E-state index is 13.6. The monoisotopic (exact) mass is 524 g/mol. The molecule has 0 aliphatic rings. The molecule has 0 bridgehead atoms. The summed E-state index contributed by atoms with van der Waals surface area (Å²) in [5.74, 6) is -1.96. The molecular weight excluding hydrogens is 517 g/mol. The van der Waals surface area contributed by atoms with E-state index in [2.05, 4.69) is 14.8 Å². The van der Waals surface area contributed by atoms with E-state index < -0.39 is 46.6 Å². The third kappa shape index (κ3) is 7.05. The van der Waals surface area contributed by atoms with Gasteiger partial charge in [0.2, 0.25) is 0 Å². The van der Waals surface area contributed by atoms with E-state index >= 15 is 0 Å². The summed E-state index contributed by atoms with van der Waals surface area (Å²) in [6.07, 6.45) is -15.1. The highest BCUT2D eigenvalue weighted by molar-refractivity contribution is 6.37. The van der Waals surface area contributed by atoms with E-state index in [1.807, 2.05) is 5.32 Å². The smallest absolute Gasteiger partial charge is 0.425 e. The molecular formula is C17H9Cl3F6N2O4. The van der Waals surface area contributed by atoms with Gasteiger partial charge in [-0.1, -0.05) is 46.9 Å². The van der Waals surface area contributed by atoms with Crippen LogP contribution in [0.4, 0.5) is 36.8 Å².